The molecule has 1 aromatic rings. The second-order valence-corrected chi connectivity index (χ2v) is 3.51. The number of nitrogens with one attached hydrogen (secondary N) is 1. The van der Waals surface area contributed by atoms with E-state index in [1.165, 1.54) is 6.20 Å². The average Bonchev–Trinajstić information content (AvgIpc) is 2.46. The summed E-state index contributed by atoms with van der Waals surface area (Å²) in [5.74, 6) is -0.692. The lowest BCUT2D eigenvalue weighted by Crippen LogP contribution is -2.12. The molecular formula is C13H11N3O2. The number of allylic oxidation sites excluding steroid dienone is 3. The van der Waals surface area contributed by atoms with Gasteiger partial charge in [-0.1, -0.05) is 24.3 Å². The van der Waals surface area contributed by atoms with Crippen molar-refractivity contribution in [2.45, 2.75) is 0 Å². The Balaban J connectivity index is 2.12. The fraction of sp³-hybridized carbons (Fsp3) is 0. The molecule has 0 spiro atoms. The molecule has 5 nitrogen and oxygen atoms in total. The number of benzene rings is 1. The molecule has 1 aromatic carbocycles. The van der Waals surface area contributed by atoms with Crippen LogP contribution in [-0.2, 0) is 0 Å². The molecule has 0 saturated carbocycles. The molecule has 0 aliphatic carbocycles. The van der Waals surface area contributed by atoms with Gasteiger partial charge >= 0.3 is 5.91 Å². The number of azo groups is 1. The second kappa shape index (κ2) is 5.58. The maximum Gasteiger partial charge on any atom is 0.455 e. The molecule has 0 fully saturated rings. The normalized spacial score (nSPS) is 16.7. The van der Waals surface area contributed by atoms with E-state index in [1.807, 2.05) is 0 Å². The molecule has 5 heteroatoms. The van der Waals surface area contributed by atoms with E-state index in [-0.39, 0.29) is 4.86 Å². The summed E-state index contributed by atoms with van der Waals surface area (Å²) in [6.45, 7) is 0. The van der Waals surface area contributed by atoms with Crippen LogP contribution in [0.1, 0.15) is 10.4 Å². The summed E-state index contributed by atoms with van der Waals surface area (Å²) < 4.78 is 0. The highest BCUT2D eigenvalue weighted by molar-refractivity contribution is 5.87. The maximum atomic E-state index is 11.7. The van der Waals surface area contributed by atoms with Crippen LogP contribution in [0.3, 0.4) is 0 Å². The standard InChI is InChI=1S/C13H11N3O2/c17-13(11-6-2-1-3-7-11)16(18)15-10-12-8-4-5-9-14-12/h1-10,14H/b12-10+,16-15?. The van der Waals surface area contributed by atoms with Crippen LogP contribution in [0.15, 0.2) is 71.8 Å². The van der Waals surface area contributed by atoms with Gasteiger partial charge in [0.2, 0.25) is 0 Å². The smallest absolute Gasteiger partial charge is 0.455 e. The number of dihydropyridines is 1. The fourth-order valence-electron chi connectivity index (χ4n) is 1.35. The van der Waals surface area contributed by atoms with Crippen LogP contribution in [0.25, 0.3) is 0 Å². The van der Waals surface area contributed by atoms with Crippen LogP contribution < -0.4 is 5.32 Å². The molecule has 1 N–H and O–H groups in total. The molecule has 1 aliphatic heterocycles. The van der Waals surface area contributed by atoms with Crippen molar-refractivity contribution in [2.24, 2.45) is 5.11 Å². The molecule has 0 unspecified atom stereocenters. The molecule has 1 heterocycles. The lowest BCUT2D eigenvalue weighted by Gasteiger charge is -2.02. The van der Waals surface area contributed by atoms with E-state index in [0.717, 1.165) is 0 Å². The number of carbonyl (C=O) groups is 1. The third-order valence-corrected chi connectivity index (χ3v) is 2.23. The van der Waals surface area contributed by atoms with Crippen molar-refractivity contribution in [2.75, 3.05) is 0 Å². The van der Waals surface area contributed by atoms with Gasteiger partial charge in [0.1, 0.15) is 6.20 Å². The average molecular weight is 241 g/mol. The summed E-state index contributed by atoms with van der Waals surface area (Å²) in [6.07, 6.45) is 8.35. The zero-order chi connectivity index (χ0) is 12.8. The van der Waals surface area contributed by atoms with E-state index in [9.17, 15) is 10.0 Å². The third-order valence-electron chi connectivity index (χ3n) is 2.23. The highest BCUT2D eigenvalue weighted by atomic mass is 16.5. The molecule has 0 saturated heterocycles. The lowest BCUT2D eigenvalue weighted by molar-refractivity contribution is -0.424. The Bertz CT molecular complexity index is 557. The highest BCUT2D eigenvalue weighted by Gasteiger charge is 2.15. The van der Waals surface area contributed by atoms with Gasteiger partial charge in [-0.3, -0.25) is 0 Å². The highest BCUT2D eigenvalue weighted by Crippen LogP contribution is 2.02. The van der Waals surface area contributed by atoms with Crippen LogP contribution in [0, 0.1) is 5.21 Å². The van der Waals surface area contributed by atoms with Crippen molar-refractivity contribution in [3.8, 4) is 0 Å². The summed E-state index contributed by atoms with van der Waals surface area (Å²) in [6, 6.07) is 8.29. The van der Waals surface area contributed by atoms with Gasteiger partial charge in [-0.05, 0) is 29.1 Å². The van der Waals surface area contributed by atoms with Gasteiger partial charge < -0.3 is 10.5 Å². The minimum Gasteiger partial charge on any atom is -0.591 e. The first-order valence-corrected chi connectivity index (χ1v) is 5.35. The summed E-state index contributed by atoms with van der Waals surface area (Å²) in [7, 11) is 0. The second-order valence-electron chi connectivity index (χ2n) is 3.51. The monoisotopic (exact) mass is 241 g/mol. The predicted octanol–water partition coefficient (Wildman–Crippen LogP) is 2.30. The third kappa shape index (κ3) is 2.91. The summed E-state index contributed by atoms with van der Waals surface area (Å²) >= 11 is 0. The number of carbonyl (C=O) groups excluding carboxylic acids is 1. The predicted molar refractivity (Wildman–Crippen MR) is 66.3 cm³/mol. The molecular weight excluding hydrogens is 230 g/mol. The number of rotatable bonds is 2. The van der Waals surface area contributed by atoms with Crippen molar-refractivity contribution >= 4 is 5.91 Å². The largest absolute Gasteiger partial charge is 0.591 e. The van der Waals surface area contributed by atoms with Gasteiger partial charge in [0, 0.05) is 11.3 Å². The van der Waals surface area contributed by atoms with E-state index in [4.69, 9.17) is 0 Å². The maximum absolute atomic E-state index is 11.7. The van der Waals surface area contributed by atoms with Crippen molar-refractivity contribution in [1.82, 2.24) is 5.32 Å². The quantitative estimate of drug-likeness (QED) is 0.490. The fourth-order valence-corrected chi connectivity index (χ4v) is 1.35. The lowest BCUT2D eigenvalue weighted by atomic mass is 10.2. The molecule has 0 radical (unpaired) electrons. The summed E-state index contributed by atoms with van der Waals surface area (Å²) in [5.41, 5.74) is 0.945. The van der Waals surface area contributed by atoms with Gasteiger partial charge in [0.15, 0.2) is 0 Å². The van der Waals surface area contributed by atoms with Gasteiger partial charge in [-0.15, -0.1) is 0 Å². The van der Waals surface area contributed by atoms with Gasteiger partial charge in [0.05, 0.1) is 11.3 Å². The van der Waals surface area contributed by atoms with Crippen LogP contribution >= 0.6 is 0 Å². The first-order chi connectivity index (χ1) is 8.77. The van der Waals surface area contributed by atoms with Crippen LogP contribution in [0.4, 0.5) is 0 Å². The minimum atomic E-state index is -0.692. The first-order valence-electron chi connectivity index (χ1n) is 5.35. The van der Waals surface area contributed by atoms with Crippen molar-refractivity contribution in [1.29, 1.82) is 0 Å². The number of hydrogen-bond acceptors (Lipinski definition) is 4. The number of amides is 1. The van der Waals surface area contributed by atoms with E-state index in [1.54, 1.807) is 54.8 Å². The molecule has 0 aromatic heterocycles. The number of hydroxylamine groups is 1. The molecule has 1 aliphatic rings. The van der Waals surface area contributed by atoms with Crippen LogP contribution in [0.2, 0.25) is 0 Å². The Hall–Kier alpha value is -2.69. The SMILES string of the molecule is O=C(c1ccccc1)[N+]([O-])=N/C=C1\C=CC=CN1. The van der Waals surface area contributed by atoms with Gasteiger partial charge in [-0.25, -0.2) is 4.79 Å². The van der Waals surface area contributed by atoms with E-state index >= 15 is 0 Å². The molecule has 90 valence electrons. The number of nitrogens with zero attached hydrogens (tertiary/aromatic N) is 2. The summed E-state index contributed by atoms with van der Waals surface area (Å²) in [5, 5.41) is 17.9. The van der Waals surface area contributed by atoms with Crippen molar-refractivity contribution in [3.05, 3.63) is 77.4 Å². The van der Waals surface area contributed by atoms with Gasteiger partial charge in [0.25, 0.3) is 0 Å². The Morgan fingerprint density at radius 3 is 2.72 bits per heavy atom. The van der Waals surface area contributed by atoms with Crippen LogP contribution in [0.5, 0.6) is 0 Å². The first kappa shape index (κ1) is 11.8. The van der Waals surface area contributed by atoms with Crippen LogP contribution in [-0.4, -0.2) is 10.8 Å². The zero-order valence-electron chi connectivity index (χ0n) is 9.48. The topological polar surface area (TPSA) is 67.5 Å². The van der Waals surface area contributed by atoms with Crippen molar-refractivity contribution < 1.29 is 9.66 Å². The Labute approximate surface area is 104 Å². The minimum absolute atomic E-state index is 0.0656. The van der Waals surface area contributed by atoms with E-state index in [2.05, 4.69) is 10.4 Å². The van der Waals surface area contributed by atoms with E-state index in [0.29, 0.717) is 11.3 Å². The van der Waals surface area contributed by atoms with Crippen molar-refractivity contribution in [3.63, 3.8) is 0 Å². The molecule has 2 rings (SSSR count). The van der Waals surface area contributed by atoms with Gasteiger partial charge in [-0.2, -0.15) is 0 Å². The Kier molecular flexibility index (Phi) is 3.66. The molecule has 0 bridgehead atoms. The summed E-state index contributed by atoms with van der Waals surface area (Å²) in [4.78, 5) is 11.7. The molecule has 1 amide bonds. The molecule has 18 heavy (non-hydrogen) atoms. The Morgan fingerprint density at radius 1 is 1.28 bits per heavy atom. The van der Waals surface area contributed by atoms with E-state index < -0.39 is 5.91 Å². The molecule has 0 atom stereocenters. The Morgan fingerprint density at radius 2 is 2.06 bits per heavy atom. The number of hydrogen-bond donors (Lipinski definition) is 1. The zero-order valence-corrected chi connectivity index (χ0v) is 9.48.